The highest BCUT2D eigenvalue weighted by Crippen LogP contribution is 2.29. The molecule has 1 aromatic rings. The van der Waals surface area contributed by atoms with Crippen LogP contribution in [0.3, 0.4) is 0 Å². The highest BCUT2D eigenvalue weighted by molar-refractivity contribution is 6.42. The van der Waals surface area contributed by atoms with Gasteiger partial charge in [-0.3, -0.25) is 4.79 Å². The predicted molar refractivity (Wildman–Crippen MR) is 63.6 cm³/mol. The van der Waals surface area contributed by atoms with Gasteiger partial charge in [-0.25, -0.2) is 4.79 Å². The van der Waals surface area contributed by atoms with Crippen LogP contribution < -0.4 is 4.74 Å². The van der Waals surface area contributed by atoms with Crippen molar-refractivity contribution < 1.29 is 19.1 Å². The molecule has 0 aliphatic carbocycles. The minimum absolute atomic E-state index is 0.123. The third-order valence-corrected chi connectivity index (χ3v) is 2.26. The van der Waals surface area contributed by atoms with Crippen molar-refractivity contribution in [3.05, 3.63) is 28.8 Å². The number of hydrogen-bond acceptors (Lipinski definition) is 4. The summed E-state index contributed by atoms with van der Waals surface area (Å²) in [6, 6.07) is 4.65. The number of halogens is 1. The number of Topliss-reactive ketones (excluding diaryl/α,β-unsaturated/α-hetero) is 1. The Balaban J connectivity index is 3.08. The van der Waals surface area contributed by atoms with Gasteiger partial charge in [-0.2, -0.15) is 0 Å². The molecule has 0 radical (unpaired) electrons. The van der Waals surface area contributed by atoms with Gasteiger partial charge in [0.1, 0.15) is 5.75 Å². The summed E-state index contributed by atoms with van der Waals surface area (Å²) >= 11 is 5.90. The molecule has 0 N–H and O–H groups in total. The van der Waals surface area contributed by atoms with Crippen molar-refractivity contribution in [3.8, 4) is 5.75 Å². The second kappa shape index (κ2) is 6.25. The van der Waals surface area contributed by atoms with Gasteiger partial charge in [0.15, 0.2) is 0 Å². The molecule has 92 valence electrons. The van der Waals surface area contributed by atoms with E-state index in [9.17, 15) is 9.59 Å². The van der Waals surface area contributed by atoms with Crippen LogP contribution in [0.1, 0.15) is 24.2 Å². The van der Waals surface area contributed by atoms with E-state index in [1.54, 1.807) is 26.0 Å². The van der Waals surface area contributed by atoms with E-state index in [1.165, 1.54) is 6.07 Å². The molecular formula is C12H13ClO4. The number of ether oxygens (including phenoxy) is 2. The first kappa shape index (κ1) is 13.5. The van der Waals surface area contributed by atoms with Gasteiger partial charge >= 0.3 is 5.97 Å². The first-order valence-electron chi connectivity index (χ1n) is 5.24. The lowest BCUT2D eigenvalue weighted by molar-refractivity contribution is -0.137. The van der Waals surface area contributed by atoms with Gasteiger partial charge in [-0.05, 0) is 26.0 Å². The molecule has 1 aromatic carbocycles. The zero-order valence-corrected chi connectivity index (χ0v) is 10.4. The van der Waals surface area contributed by atoms with Crippen LogP contribution in [0, 0.1) is 0 Å². The predicted octanol–water partition coefficient (Wildman–Crippen LogP) is 2.48. The molecule has 5 heteroatoms. The number of carbonyl (C=O) groups is 2. The third kappa shape index (κ3) is 3.20. The van der Waals surface area contributed by atoms with E-state index in [2.05, 4.69) is 4.74 Å². The van der Waals surface area contributed by atoms with Crippen molar-refractivity contribution in [2.75, 3.05) is 13.2 Å². The standard InChI is InChI=1S/C12H13ClO4/c1-3-16-11-8(6-5-7-9(11)13)10(14)12(15)17-4-2/h5-7H,3-4H2,1-2H3. The maximum atomic E-state index is 11.8. The van der Waals surface area contributed by atoms with Crippen molar-refractivity contribution in [1.29, 1.82) is 0 Å². The molecule has 1 rings (SSSR count). The normalized spacial score (nSPS) is 9.82. The summed E-state index contributed by atoms with van der Waals surface area (Å²) in [6.07, 6.45) is 0. The first-order chi connectivity index (χ1) is 8.11. The van der Waals surface area contributed by atoms with E-state index >= 15 is 0 Å². The second-order valence-corrected chi connectivity index (χ2v) is 3.51. The Labute approximate surface area is 104 Å². The fourth-order valence-corrected chi connectivity index (χ4v) is 1.51. The van der Waals surface area contributed by atoms with Gasteiger partial charge in [-0.15, -0.1) is 0 Å². The molecule has 0 heterocycles. The summed E-state index contributed by atoms with van der Waals surface area (Å²) in [7, 11) is 0. The van der Waals surface area contributed by atoms with Crippen LogP contribution in [0.4, 0.5) is 0 Å². The van der Waals surface area contributed by atoms with Gasteiger partial charge in [0.25, 0.3) is 5.78 Å². The number of ketones is 1. The maximum Gasteiger partial charge on any atom is 0.379 e. The molecule has 0 saturated carbocycles. The monoisotopic (exact) mass is 256 g/mol. The quantitative estimate of drug-likeness (QED) is 0.461. The lowest BCUT2D eigenvalue weighted by atomic mass is 10.1. The van der Waals surface area contributed by atoms with Crippen molar-refractivity contribution >= 4 is 23.4 Å². The molecule has 4 nitrogen and oxygen atoms in total. The Morgan fingerprint density at radius 2 is 1.94 bits per heavy atom. The topological polar surface area (TPSA) is 52.6 Å². The fourth-order valence-electron chi connectivity index (χ4n) is 1.29. The largest absolute Gasteiger partial charge is 0.492 e. The third-order valence-electron chi connectivity index (χ3n) is 1.96. The Morgan fingerprint density at radius 1 is 1.24 bits per heavy atom. The molecule has 0 aromatic heterocycles. The van der Waals surface area contributed by atoms with E-state index in [0.717, 1.165) is 0 Å². The average molecular weight is 257 g/mol. The van der Waals surface area contributed by atoms with E-state index in [4.69, 9.17) is 16.3 Å². The minimum Gasteiger partial charge on any atom is -0.492 e. The number of carbonyl (C=O) groups excluding carboxylic acids is 2. The number of hydrogen-bond donors (Lipinski definition) is 0. The van der Waals surface area contributed by atoms with Crippen molar-refractivity contribution in [1.82, 2.24) is 0 Å². The highest BCUT2D eigenvalue weighted by Gasteiger charge is 2.22. The zero-order valence-electron chi connectivity index (χ0n) is 9.66. The Morgan fingerprint density at radius 3 is 2.53 bits per heavy atom. The molecule has 0 aliphatic rings. The van der Waals surface area contributed by atoms with Gasteiger partial charge in [0.05, 0.1) is 23.8 Å². The molecule has 0 saturated heterocycles. The molecule has 17 heavy (non-hydrogen) atoms. The van der Waals surface area contributed by atoms with Gasteiger partial charge in [0.2, 0.25) is 0 Å². The Bertz CT molecular complexity index is 429. The number of para-hydroxylation sites is 1. The lowest BCUT2D eigenvalue weighted by Gasteiger charge is -2.10. The van der Waals surface area contributed by atoms with Crippen LogP contribution in [0.5, 0.6) is 5.75 Å². The molecule has 0 amide bonds. The molecule has 0 spiro atoms. The molecule has 0 fully saturated rings. The summed E-state index contributed by atoms with van der Waals surface area (Å²) in [5, 5.41) is 0.294. The van der Waals surface area contributed by atoms with Crippen LogP contribution in [-0.4, -0.2) is 25.0 Å². The Hall–Kier alpha value is -1.55. The van der Waals surface area contributed by atoms with Crippen LogP contribution in [0.15, 0.2) is 18.2 Å². The lowest BCUT2D eigenvalue weighted by Crippen LogP contribution is -2.18. The summed E-state index contributed by atoms with van der Waals surface area (Å²) in [5.74, 6) is -1.44. The van der Waals surface area contributed by atoms with Crippen LogP contribution >= 0.6 is 11.6 Å². The maximum absolute atomic E-state index is 11.8. The number of rotatable bonds is 5. The first-order valence-corrected chi connectivity index (χ1v) is 5.62. The van der Waals surface area contributed by atoms with Crippen molar-refractivity contribution in [2.45, 2.75) is 13.8 Å². The molecular weight excluding hydrogens is 244 g/mol. The van der Waals surface area contributed by atoms with Gasteiger partial charge < -0.3 is 9.47 Å². The molecule has 0 atom stereocenters. The van der Waals surface area contributed by atoms with Crippen LogP contribution in [-0.2, 0) is 9.53 Å². The van der Waals surface area contributed by atoms with Gasteiger partial charge in [0, 0.05) is 0 Å². The van der Waals surface area contributed by atoms with E-state index in [0.29, 0.717) is 11.6 Å². The fraction of sp³-hybridized carbons (Fsp3) is 0.333. The number of benzene rings is 1. The molecule has 0 unspecified atom stereocenters. The summed E-state index contributed by atoms with van der Waals surface area (Å²) in [5.41, 5.74) is 0.123. The highest BCUT2D eigenvalue weighted by atomic mass is 35.5. The number of esters is 1. The van der Waals surface area contributed by atoms with Crippen molar-refractivity contribution in [2.24, 2.45) is 0 Å². The Kier molecular flexibility index (Phi) is 4.97. The average Bonchev–Trinajstić information content (AvgIpc) is 2.31. The minimum atomic E-state index is -0.907. The van der Waals surface area contributed by atoms with Crippen LogP contribution in [0.2, 0.25) is 5.02 Å². The second-order valence-electron chi connectivity index (χ2n) is 3.10. The van der Waals surface area contributed by atoms with Crippen LogP contribution in [0.25, 0.3) is 0 Å². The SMILES string of the molecule is CCOC(=O)C(=O)c1cccc(Cl)c1OCC. The summed E-state index contributed by atoms with van der Waals surface area (Å²) in [4.78, 5) is 23.1. The zero-order chi connectivity index (χ0) is 12.8. The van der Waals surface area contributed by atoms with E-state index < -0.39 is 11.8 Å². The smallest absolute Gasteiger partial charge is 0.379 e. The van der Waals surface area contributed by atoms with E-state index in [-0.39, 0.29) is 17.9 Å². The van der Waals surface area contributed by atoms with E-state index in [1.807, 2.05) is 0 Å². The van der Waals surface area contributed by atoms with Gasteiger partial charge in [-0.1, -0.05) is 17.7 Å². The molecule has 0 aliphatic heterocycles. The van der Waals surface area contributed by atoms with Crippen molar-refractivity contribution in [3.63, 3.8) is 0 Å². The summed E-state index contributed by atoms with van der Waals surface area (Å²) < 4.78 is 9.90. The summed E-state index contributed by atoms with van der Waals surface area (Å²) in [6.45, 7) is 3.90. The molecule has 0 bridgehead atoms.